The third-order valence-corrected chi connectivity index (χ3v) is 8.81. The normalized spacial score (nSPS) is 12.0. The summed E-state index contributed by atoms with van der Waals surface area (Å²) < 4.78 is 42.1. The minimum Gasteiger partial charge on any atom is -0.354 e. The Morgan fingerprint density at radius 1 is 0.950 bits per heavy atom. The van der Waals surface area contributed by atoms with Crippen LogP contribution in [0.3, 0.4) is 0 Å². The van der Waals surface area contributed by atoms with E-state index in [-0.39, 0.29) is 39.5 Å². The van der Waals surface area contributed by atoms with Crippen LogP contribution in [0, 0.1) is 5.82 Å². The molecule has 3 aromatic rings. The monoisotopic (exact) mass is 607 g/mol. The van der Waals surface area contributed by atoms with Crippen molar-refractivity contribution in [3.63, 3.8) is 0 Å². The number of carbonyl (C=O) groups is 2. The van der Waals surface area contributed by atoms with Crippen molar-refractivity contribution in [1.29, 1.82) is 0 Å². The van der Waals surface area contributed by atoms with Crippen molar-refractivity contribution in [2.75, 3.05) is 17.4 Å². The molecule has 0 aromatic heterocycles. The fraction of sp³-hybridized carbons (Fsp3) is 0.310. The molecule has 2 amide bonds. The second-order valence-electron chi connectivity index (χ2n) is 9.14. The summed E-state index contributed by atoms with van der Waals surface area (Å²) in [6, 6.07) is 16.7. The smallest absolute Gasteiger partial charge is 0.264 e. The Labute approximate surface area is 244 Å². The van der Waals surface area contributed by atoms with Gasteiger partial charge in [0, 0.05) is 13.1 Å². The highest BCUT2D eigenvalue weighted by Gasteiger charge is 2.33. The molecule has 40 heavy (non-hydrogen) atoms. The first-order chi connectivity index (χ1) is 19.1. The van der Waals surface area contributed by atoms with Crippen LogP contribution >= 0.6 is 23.2 Å². The van der Waals surface area contributed by atoms with Crippen LogP contribution in [0.1, 0.15) is 38.7 Å². The summed E-state index contributed by atoms with van der Waals surface area (Å²) in [6.45, 7) is 3.57. The molecule has 0 radical (unpaired) electrons. The maximum Gasteiger partial charge on any atom is 0.264 e. The average Bonchev–Trinajstić information content (AvgIpc) is 2.94. The minimum atomic E-state index is -4.23. The minimum absolute atomic E-state index is 0.0247. The van der Waals surface area contributed by atoms with Crippen LogP contribution in [-0.4, -0.2) is 44.3 Å². The number of benzene rings is 3. The quantitative estimate of drug-likeness (QED) is 0.240. The Balaban J connectivity index is 2.04. The lowest BCUT2D eigenvalue weighted by atomic mass is 10.1. The zero-order valence-corrected chi connectivity index (χ0v) is 24.6. The Morgan fingerprint density at radius 3 is 2.23 bits per heavy atom. The van der Waals surface area contributed by atoms with Gasteiger partial charge in [-0.3, -0.25) is 13.9 Å². The highest BCUT2D eigenvalue weighted by molar-refractivity contribution is 7.92. The van der Waals surface area contributed by atoms with Crippen molar-refractivity contribution in [2.45, 2.75) is 50.6 Å². The molecule has 7 nitrogen and oxygen atoms in total. The van der Waals surface area contributed by atoms with E-state index in [9.17, 15) is 22.4 Å². The predicted octanol–water partition coefficient (Wildman–Crippen LogP) is 6.05. The molecule has 0 spiro atoms. The van der Waals surface area contributed by atoms with E-state index in [0.29, 0.717) is 12.1 Å². The van der Waals surface area contributed by atoms with Gasteiger partial charge < -0.3 is 10.2 Å². The van der Waals surface area contributed by atoms with Crippen molar-refractivity contribution >= 4 is 50.7 Å². The van der Waals surface area contributed by atoms with Crippen LogP contribution in [0.15, 0.2) is 77.7 Å². The number of nitrogens with one attached hydrogen (secondary N) is 1. The number of unbranched alkanes of at least 4 members (excludes halogenated alkanes) is 1. The largest absolute Gasteiger partial charge is 0.354 e. The number of anilines is 1. The summed E-state index contributed by atoms with van der Waals surface area (Å²) in [4.78, 5) is 28.4. The van der Waals surface area contributed by atoms with Gasteiger partial charge in [-0.15, -0.1) is 0 Å². The summed E-state index contributed by atoms with van der Waals surface area (Å²) in [6.07, 6.45) is 1.93. The molecular weight excluding hydrogens is 576 g/mol. The van der Waals surface area contributed by atoms with Crippen molar-refractivity contribution in [1.82, 2.24) is 10.2 Å². The molecule has 3 rings (SSSR count). The first kappa shape index (κ1) is 31.4. The molecule has 0 unspecified atom stereocenters. The number of sulfonamides is 1. The van der Waals surface area contributed by atoms with E-state index >= 15 is 0 Å². The fourth-order valence-electron chi connectivity index (χ4n) is 4.10. The van der Waals surface area contributed by atoms with Crippen molar-refractivity contribution in [3.05, 3.63) is 94.2 Å². The summed E-state index contributed by atoms with van der Waals surface area (Å²) in [7, 11) is -4.23. The van der Waals surface area contributed by atoms with Crippen molar-refractivity contribution in [3.8, 4) is 0 Å². The summed E-state index contributed by atoms with van der Waals surface area (Å²) >= 11 is 12.3. The van der Waals surface area contributed by atoms with Crippen LogP contribution in [0.25, 0.3) is 0 Å². The zero-order chi connectivity index (χ0) is 29.3. The summed E-state index contributed by atoms with van der Waals surface area (Å²) in [5.41, 5.74) is 0.718. The van der Waals surface area contributed by atoms with E-state index < -0.39 is 34.3 Å². The van der Waals surface area contributed by atoms with Gasteiger partial charge in [0.05, 0.1) is 20.6 Å². The highest BCUT2D eigenvalue weighted by atomic mass is 35.5. The number of hydrogen-bond donors (Lipinski definition) is 1. The SMILES string of the molecule is CCCCNC(=O)[C@H](CC)N(Cc1ccc(F)cc1)C(=O)CN(c1ccc(Cl)c(Cl)c1)S(=O)(=O)c1ccccc1. The Hall–Kier alpha value is -3.14. The average molecular weight is 609 g/mol. The van der Waals surface area contributed by atoms with E-state index in [1.165, 1.54) is 59.5 Å². The molecule has 0 saturated heterocycles. The van der Waals surface area contributed by atoms with E-state index in [1.807, 2.05) is 6.92 Å². The number of hydrogen-bond acceptors (Lipinski definition) is 4. The first-order valence-corrected chi connectivity index (χ1v) is 15.1. The van der Waals surface area contributed by atoms with Gasteiger partial charge in [-0.05, 0) is 60.9 Å². The number of carbonyl (C=O) groups excluding carboxylic acids is 2. The van der Waals surface area contributed by atoms with Crippen molar-refractivity contribution in [2.24, 2.45) is 0 Å². The molecule has 1 atom stereocenters. The van der Waals surface area contributed by atoms with Gasteiger partial charge in [0.2, 0.25) is 11.8 Å². The summed E-state index contributed by atoms with van der Waals surface area (Å²) in [5, 5.41) is 3.20. The number of amides is 2. The van der Waals surface area contributed by atoms with Crippen LogP contribution < -0.4 is 9.62 Å². The molecule has 0 aliphatic heterocycles. The van der Waals surface area contributed by atoms with Crippen LogP contribution in [-0.2, 0) is 26.2 Å². The standard InChI is InChI=1S/C29H32Cl2FN3O4S/c1-3-5-17-33-29(37)27(4-2)34(19-21-11-13-22(32)14-12-21)28(36)20-35(23-15-16-25(30)26(31)18-23)40(38,39)24-9-7-6-8-10-24/h6-16,18,27H,3-5,17,19-20H2,1-2H3,(H,33,37)/t27-/m0/s1. The Bertz CT molecular complexity index is 1410. The van der Waals surface area contributed by atoms with Gasteiger partial charge >= 0.3 is 0 Å². The molecule has 11 heteroatoms. The molecule has 0 bridgehead atoms. The lowest BCUT2D eigenvalue weighted by Crippen LogP contribution is -2.52. The lowest BCUT2D eigenvalue weighted by molar-refractivity contribution is -0.140. The van der Waals surface area contributed by atoms with Crippen LogP contribution in [0.5, 0.6) is 0 Å². The van der Waals surface area contributed by atoms with Crippen LogP contribution in [0.2, 0.25) is 10.0 Å². The van der Waals surface area contributed by atoms with E-state index in [4.69, 9.17) is 23.2 Å². The second-order valence-corrected chi connectivity index (χ2v) is 11.8. The molecule has 0 fully saturated rings. The Kier molecular flexibility index (Phi) is 11.4. The third kappa shape index (κ3) is 7.96. The Morgan fingerprint density at radius 2 is 1.62 bits per heavy atom. The van der Waals surface area contributed by atoms with Gasteiger partial charge in [0.25, 0.3) is 10.0 Å². The molecule has 0 heterocycles. The predicted molar refractivity (Wildman–Crippen MR) is 156 cm³/mol. The molecule has 0 aliphatic rings. The molecule has 3 aromatic carbocycles. The maximum absolute atomic E-state index is 14.0. The third-order valence-electron chi connectivity index (χ3n) is 6.28. The number of rotatable bonds is 13. The fourth-order valence-corrected chi connectivity index (χ4v) is 5.82. The molecule has 1 N–H and O–H groups in total. The first-order valence-electron chi connectivity index (χ1n) is 12.9. The van der Waals surface area contributed by atoms with E-state index in [2.05, 4.69) is 5.32 Å². The lowest BCUT2D eigenvalue weighted by Gasteiger charge is -2.33. The maximum atomic E-state index is 14.0. The summed E-state index contributed by atoms with van der Waals surface area (Å²) in [5.74, 6) is -1.41. The number of halogens is 3. The molecular formula is C29H32Cl2FN3O4S. The van der Waals surface area contributed by atoms with Gasteiger partial charge in [-0.25, -0.2) is 12.8 Å². The van der Waals surface area contributed by atoms with Gasteiger partial charge in [0.15, 0.2) is 0 Å². The van der Waals surface area contributed by atoms with E-state index in [0.717, 1.165) is 17.1 Å². The van der Waals surface area contributed by atoms with Gasteiger partial charge in [0.1, 0.15) is 18.4 Å². The van der Waals surface area contributed by atoms with E-state index in [1.54, 1.807) is 25.1 Å². The van der Waals surface area contributed by atoms with Crippen LogP contribution in [0.4, 0.5) is 10.1 Å². The highest BCUT2D eigenvalue weighted by Crippen LogP contribution is 2.31. The second kappa shape index (κ2) is 14.5. The molecule has 0 aliphatic carbocycles. The topological polar surface area (TPSA) is 86.8 Å². The van der Waals surface area contributed by atoms with Gasteiger partial charge in [-0.2, -0.15) is 0 Å². The van der Waals surface area contributed by atoms with Crippen molar-refractivity contribution < 1.29 is 22.4 Å². The van der Waals surface area contributed by atoms with Gasteiger partial charge in [-0.1, -0.05) is 73.8 Å². The molecule has 0 saturated carbocycles. The number of nitrogens with zero attached hydrogens (tertiary/aromatic N) is 2. The molecule has 214 valence electrons. The zero-order valence-electron chi connectivity index (χ0n) is 22.3.